The lowest BCUT2D eigenvalue weighted by Crippen LogP contribution is -2.52. The van der Waals surface area contributed by atoms with Crippen LogP contribution in [0.1, 0.15) is 0 Å². The van der Waals surface area contributed by atoms with Gasteiger partial charge >= 0.3 is 0 Å². The second-order valence-electron chi connectivity index (χ2n) is 16.1. The Balaban J connectivity index is 6.02. The van der Waals surface area contributed by atoms with Gasteiger partial charge in [-0.05, 0) is 7.05 Å². The maximum absolute atomic E-state index is 12.9. The standard InChI is InChI=1S/C37H75N7O24/c1-42(2-4-43(10-26(57)38-6-18(49)30(61)34(65)22(53)14-45)11-27(58)39-7-19(50)31(62)35(66)23(54)15-46)3-5-44(12-28(59)40-8-20(51)32(63)36(67)24(55)16-47)13-29(60)41-9-21(52)33(64)37(68)25(56)17-48/h18-25,30-37,45-56,61-68H,2-17H2,1H3,(H,38,57)(H,39,58)(H,40,59)(H,41,60). The van der Waals surface area contributed by atoms with Gasteiger partial charge in [0.15, 0.2) is 0 Å². The first-order chi connectivity index (χ1) is 31.8. The normalized spacial score (nSPS) is 19.3. The van der Waals surface area contributed by atoms with Gasteiger partial charge in [0.1, 0.15) is 73.2 Å². The predicted octanol–water partition coefficient (Wildman–Crippen LogP) is -16.3. The van der Waals surface area contributed by atoms with Crippen molar-refractivity contribution in [3.63, 3.8) is 0 Å². The Morgan fingerprint density at radius 3 is 0.676 bits per heavy atom. The molecule has 16 unspecified atom stereocenters. The van der Waals surface area contributed by atoms with Crippen molar-refractivity contribution in [2.75, 3.05) is 112 Å². The van der Waals surface area contributed by atoms with Gasteiger partial charge in [-0.25, -0.2) is 0 Å². The zero-order valence-corrected chi connectivity index (χ0v) is 37.5. The number of nitrogens with zero attached hydrogens (tertiary/aromatic N) is 3. The van der Waals surface area contributed by atoms with Crippen molar-refractivity contribution in [2.24, 2.45) is 0 Å². The predicted molar refractivity (Wildman–Crippen MR) is 227 cm³/mol. The number of amides is 4. The molecule has 0 aromatic rings. The molecule has 0 spiro atoms. The highest BCUT2D eigenvalue weighted by Crippen LogP contribution is 2.08. The molecule has 0 bridgehead atoms. The molecule has 0 saturated carbocycles. The van der Waals surface area contributed by atoms with E-state index in [1.807, 2.05) is 0 Å². The zero-order valence-electron chi connectivity index (χ0n) is 37.5. The molecule has 0 saturated heterocycles. The van der Waals surface area contributed by atoms with E-state index in [0.717, 1.165) is 0 Å². The Kier molecular flexibility index (Phi) is 32.8. The summed E-state index contributed by atoms with van der Waals surface area (Å²) in [6.07, 6.45) is -30.7. The molecular weight excluding hydrogens is 926 g/mol. The molecule has 31 nitrogen and oxygen atoms in total. The average molecular weight is 1000 g/mol. The summed E-state index contributed by atoms with van der Waals surface area (Å²) < 4.78 is 0. The summed E-state index contributed by atoms with van der Waals surface area (Å²) in [6.45, 7) is -9.10. The lowest BCUT2D eigenvalue weighted by molar-refractivity contribution is -0.130. The van der Waals surface area contributed by atoms with Crippen LogP contribution in [0.25, 0.3) is 0 Å². The summed E-state index contributed by atoms with van der Waals surface area (Å²) in [5.41, 5.74) is 0. The van der Waals surface area contributed by atoms with Gasteiger partial charge in [-0.3, -0.25) is 29.0 Å². The molecule has 0 aliphatic carbocycles. The van der Waals surface area contributed by atoms with Gasteiger partial charge in [0.2, 0.25) is 23.6 Å². The molecule has 0 fully saturated rings. The topological polar surface area (TPSA) is 531 Å². The van der Waals surface area contributed by atoms with Gasteiger partial charge in [-0.1, -0.05) is 0 Å². The van der Waals surface area contributed by atoms with Crippen LogP contribution in [0.3, 0.4) is 0 Å². The fraction of sp³-hybridized carbons (Fsp3) is 0.892. The monoisotopic (exact) mass is 1000 g/mol. The summed E-state index contributed by atoms with van der Waals surface area (Å²) in [5, 5.41) is 204. The minimum atomic E-state index is -2.01. The van der Waals surface area contributed by atoms with E-state index >= 15 is 0 Å². The van der Waals surface area contributed by atoms with Crippen LogP contribution in [0, 0.1) is 0 Å². The molecule has 0 radical (unpaired) electrons. The summed E-state index contributed by atoms with van der Waals surface area (Å²) >= 11 is 0. The maximum Gasteiger partial charge on any atom is 0.234 e. The molecule has 24 N–H and O–H groups in total. The van der Waals surface area contributed by atoms with Crippen LogP contribution in [0.5, 0.6) is 0 Å². The van der Waals surface area contributed by atoms with Crippen LogP contribution in [0.15, 0.2) is 0 Å². The van der Waals surface area contributed by atoms with E-state index in [-0.39, 0.29) is 26.2 Å². The molecule has 4 amide bonds. The Morgan fingerprint density at radius 2 is 0.500 bits per heavy atom. The molecule has 0 aliphatic heterocycles. The lowest BCUT2D eigenvalue weighted by Gasteiger charge is -2.29. The Labute approximate surface area is 390 Å². The third-order valence-corrected chi connectivity index (χ3v) is 10.4. The van der Waals surface area contributed by atoms with Gasteiger partial charge in [0.25, 0.3) is 0 Å². The second-order valence-corrected chi connectivity index (χ2v) is 16.1. The fourth-order valence-electron chi connectivity index (χ4n) is 5.81. The summed E-state index contributed by atoms with van der Waals surface area (Å²) in [5.74, 6) is -3.40. The smallest absolute Gasteiger partial charge is 0.234 e. The van der Waals surface area contributed by atoms with Crippen molar-refractivity contribution in [1.29, 1.82) is 0 Å². The minimum Gasteiger partial charge on any atom is -0.394 e. The SMILES string of the molecule is CN(CCN(CC(=O)NCC(O)C(O)C(O)C(O)CO)CC(=O)NCC(O)C(O)C(O)C(O)CO)CCN(CC(=O)NCC(O)C(O)C(O)C(O)CO)CC(=O)NCC(O)C(O)C(O)C(O)CO. The van der Waals surface area contributed by atoms with Crippen LogP contribution < -0.4 is 21.3 Å². The number of carbonyl (C=O) groups is 4. The second kappa shape index (κ2) is 34.3. The Hall–Kier alpha value is -3.04. The van der Waals surface area contributed by atoms with Crippen LogP contribution >= 0.6 is 0 Å². The molecular formula is C37H75N7O24. The average Bonchev–Trinajstić information content (AvgIpc) is 3.33. The molecule has 31 heteroatoms. The largest absolute Gasteiger partial charge is 0.394 e. The van der Waals surface area contributed by atoms with Crippen molar-refractivity contribution in [2.45, 2.75) is 97.7 Å². The highest BCUT2D eigenvalue weighted by atomic mass is 16.4. The van der Waals surface area contributed by atoms with E-state index in [1.165, 1.54) is 16.8 Å². The minimum absolute atomic E-state index is 0.0180. The van der Waals surface area contributed by atoms with Crippen molar-refractivity contribution < 1.29 is 121 Å². The molecule has 0 heterocycles. The molecule has 0 aromatic heterocycles. The number of nitrogens with one attached hydrogen (secondary N) is 4. The zero-order chi connectivity index (χ0) is 52.4. The molecule has 16 atom stereocenters. The number of carbonyl (C=O) groups excluding carboxylic acids is 4. The maximum atomic E-state index is 12.9. The highest BCUT2D eigenvalue weighted by Gasteiger charge is 2.34. The molecule has 0 aromatic carbocycles. The van der Waals surface area contributed by atoms with E-state index in [0.29, 0.717) is 0 Å². The van der Waals surface area contributed by atoms with Gasteiger partial charge in [-0.2, -0.15) is 0 Å². The first-order valence-corrected chi connectivity index (χ1v) is 21.3. The summed E-state index contributed by atoms with van der Waals surface area (Å²) in [6, 6.07) is 0. The van der Waals surface area contributed by atoms with Crippen molar-refractivity contribution in [3.8, 4) is 0 Å². The molecule has 0 rings (SSSR count). The molecule has 0 aliphatic rings. The van der Waals surface area contributed by atoms with E-state index in [4.69, 9.17) is 20.4 Å². The van der Waals surface area contributed by atoms with E-state index in [9.17, 15) is 101 Å². The lowest BCUT2D eigenvalue weighted by atomic mass is 10.0. The van der Waals surface area contributed by atoms with Crippen LogP contribution in [0.4, 0.5) is 0 Å². The van der Waals surface area contributed by atoms with Gasteiger partial charge in [-0.15, -0.1) is 0 Å². The Bertz CT molecular complexity index is 1230. The first kappa shape index (κ1) is 65.0. The number of hydrogen-bond acceptors (Lipinski definition) is 27. The number of likely N-dealkylation sites (N-methyl/N-ethyl adjacent to an activating group) is 1. The van der Waals surface area contributed by atoms with Crippen molar-refractivity contribution in [1.82, 2.24) is 36.0 Å². The van der Waals surface area contributed by atoms with Gasteiger partial charge < -0.3 is 128 Å². The number of rotatable bonds is 38. The number of aliphatic hydroxyl groups is 20. The quantitative estimate of drug-likeness (QED) is 0.0273. The number of hydrogen-bond donors (Lipinski definition) is 24. The highest BCUT2D eigenvalue weighted by molar-refractivity contribution is 5.82. The third kappa shape index (κ3) is 24.7. The van der Waals surface area contributed by atoms with E-state index < -0.39 is 200 Å². The third-order valence-electron chi connectivity index (χ3n) is 10.4. The van der Waals surface area contributed by atoms with E-state index in [1.54, 1.807) is 4.90 Å². The van der Waals surface area contributed by atoms with Crippen LogP contribution in [-0.2, 0) is 19.2 Å². The van der Waals surface area contributed by atoms with Crippen molar-refractivity contribution in [3.05, 3.63) is 0 Å². The Morgan fingerprint density at radius 1 is 0.324 bits per heavy atom. The van der Waals surface area contributed by atoms with Crippen LogP contribution in [-0.4, -0.2) is 350 Å². The summed E-state index contributed by atoms with van der Waals surface area (Å²) in [4.78, 5) is 55.8. The fourth-order valence-corrected chi connectivity index (χ4v) is 5.81. The van der Waals surface area contributed by atoms with Gasteiger partial charge in [0, 0.05) is 52.4 Å². The van der Waals surface area contributed by atoms with Crippen molar-refractivity contribution >= 4 is 23.6 Å². The first-order valence-electron chi connectivity index (χ1n) is 21.3. The molecule has 402 valence electrons. The van der Waals surface area contributed by atoms with E-state index in [2.05, 4.69) is 21.3 Å². The molecule has 68 heavy (non-hydrogen) atoms. The summed E-state index contributed by atoms with van der Waals surface area (Å²) in [7, 11) is 1.54. The van der Waals surface area contributed by atoms with Crippen LogP contribution in [0.2, 0.25) is 0 Å². The van der Waals surface area contributed by atoms with Gasteiger partial charge in [0.05, 0.1) is 77.0 Å². The number of aliphatic hydroxyl groups excluding tert-OH is 20.